The SMILES string of the molecule is C=CCNC(=NCc1ccnc(N2CCN(CC)CC2)c1)NCC.I. The molecule has 2 heterocycles. The van der Waals surface area contributed by atoms with Crippen molar-refractivity contribution in [1.82, 2.24) is 20.5 Å². The third kappa shape index (κ3) is 7.19. The molecule has 140 valence electrons. The number of likely N-dealkylation sites (N-methyl/N-ethyl adjacent to an activating group) is 1. The highest BCUT2D eigenvalue weighted by Gasteiger charge is 2.16. The van der Waals surface area contributed by atoms with Crippen molar-refractivity contribution in [2.24, 2.45) is 4.99 Å². The monoisotopic (exact) mass is 458 g/mol. The van der Waals surface area contributed by atoms with Crippen LogP contribution in [0.5, 0.6) is 0 Å². The number of anilines is 1. The van der Waals surface area contributed by atoms with Crippen LogP contribution in [-0.4, -0.2) is 61.7 Å². The summed E-state index contributed by atoms with van der Waals surface area (Å²) in [5, 5.41) is 6.46. The molecule has 7 heteroatoms. The van der Waals surface area contributed by atoms with Gasteiger partial charge in [-0.1, -0.05) is 13.0 Å². The fourth-order valence-corrected chi connectivity index (χ4v) is 2.71. The molecule has 1 aromatic heterocycles. The number of nitrogens with zero attached hydrogens (tertiary/aromatic N) is 4. The number of aromatic nitrogens is 1. The number of aliphatic imine (C=N–C) groups is 1. The Bertz CT molecular complexity index is 540. The van der Waals surface area contributed by atoms with E-state index in [4.69, 9.17) is 0 Å². The van der Waals surface area contributed by atoms with Gasteiger partial charge in [-0.25, -0.2) is 9.98 Å². The number of halogens is 1. The second kappa shape index (κ2) is 12.1. The maximum atomic E-state index is 4.62. The van der Waals surface area contributed by atoms with Crippen molar-refractivity contribution in [3.05, 3.63) is 36.5 Å². The molecule has 0 spiro atoms. The van der Waals surface area contributed by atoms with Crippen molar-refractivity contribution in [2.75, 3.05) is 50.7 Å². The minimum absolute atomic E-state index is 0. The fraction of sp³-hybridized carbons (Fsp3) is 0.556. The van der Waals surface area contributed by atoms with E-state index >= 15 is 0 Å². The summed E-state index contributed by atoms with van der Waals surface area (Å²) in [6, 6.07) is 4.19. The topological polar surface area (TPSA) is 55.8 Å². The maximum absolute atomic E-state index is 4.62. The van der Waals surface area contributed by atoms with Gasteiger partial charge in [0, 0.05) is 45.5 Å². The first-order valence-electron chi connectivity index (χ1n) is 8.82. The number of pyridine rings is 1. The molecule has 0 saturated carbocycles. The Hall–Kier alpha value is -1.35. The van der Waals surface area contributed by atoms with Gasteiger partial charge in [-0.05, 0) is 31.2 Å². The summed E-state index contributed by atoms with van der Waals surface area (Å²) >= 11 is 0. The van der Waals surface area contributed by atoms with E-state index in [-0.39, 0.29) is 24.0 Å². The van der Waals surface area contributed by atoms with Gasteiger partial charge in [0.15, 0.2) is 5.96 Å². The molecular weight excluding hydrogens is 427 g/mol. The van der Waals surface area contributed by atoms with Gasteiger partial charge in [-0.3, -0.25) is 0 Å². The molecule has 0 bridgehead atoms. The van der Waals surface area contributed by atoms with Gasteiger partial charge in [0.2, 0.25) is 0 Å². The summed E-state index contributed by atoms with van der Waals surface area (Å²) in [6.45, 7) is 15.6. The van der Waals surface area contributed by atoms with Crippen molar-refractivity contribution in [2.45, 2.75) is 20.4 Å². The van der Waals surface area contributed by atoms with E-state index in [1.165, 1.54) is 5.56 Å². The van der Waals surface area contributed by atoms with E-state index in [0.717, 1.165) is 51.0 Å². The maximum Gasteiger partial charge on any atom is 0.191 e. The Balaban J connectivity index is 0.00000312. The first kappa shape index (κ1) is 21.7. The Morgan fingerprint density at radius 2 is 2.04 bits per heavy atom. The molecule has 0 aliphatic carbocycles. The molecule has 0 aromatic carbocycles. The Morgan fingerprint density at radius 1 is 1.28 bits per heavy atom. The molecule has 1 aliphatic rings. The zero-order chi connectivity index (χ0) is 17.2. The third-order valence-corrected chi connectivity index (χ3v) is 4.13. The largest absolute Gasteiger partial charge is 0.357 e. The number of guanidine groups is 1. The molecule has 0 amide bonds. The summed E-state index contributed by atoms with van der Waals surface area (Å²) < 4.78 is 0. The smallest absolute Gasteiger partial charge is 0.191 e. The predicted octanol–water partition coefficient (Wildman–Crippen LogP) is 2.08. The molecule has 2 N–H and O–H groups in total. The molecule has 2 rings (SSSR count). The van der Waals surface area contributed by atoms with Crippen LogP contribution >= 0.6 is 24.0 Å². The number of hydrogen-bond donors (Lipinski definition) is 2. The molecule has 1 fully saturated rings. The fourth-order valence-electron chi connectivity index (χ4n) is 2.71. The van der Waals surface area contributed by atoms with Crippen molar-refractivity contribution < 1.29 is 0 Å². The van der Waals surface area contributed by atoms with E-state index in [9.17, 15) is 0 Å². The highest BCUT2D eigenvalue weighted by atomic mass is 127. The van der Waals surface area contributed by atoms with Crippen LogP contribution in [0.15, 0.2) is 36.0 Å². The van der Waals surface area contributed by atoms with Crippen LogP contribution in [-0.2, 0) is 6.54 Å². The zero-order valence-corrected chi connectivity index (χ0v) is 17.7. The molecule has 1 aliphatic heterocycles. The van der Waals surface area contributed by atoms with E-state index < -0.39 is 0 Å². The Morgan fingerprint density at radius 3 is 2.68 bits per heavy atom. The third-order valence-electron chi connectivity index (χ3n) is 4.13. The summed E-state index contributed by atoms with van der Waals surface area (Å²) in [5.41, 5.74) is 1.17. The second-order valence-corrected chi connectivity index (χ2v) is 5.81. The van der Waals surface area contributed by atoms with E-state index in [2.05, 4.69) is 56.9 Å². The van der Waals surface area contributed by atoms with Gasteiger partial charge in [-0.15, -0.1) is 30.6 Å². The van der Waals surface area contributed by atoms with Crippen LogP contribution in [0.4, 0.5) is 5.82 Å². The van der Waals surface area contributed by atoms with Crippen LogP contribution in [0.25, 0.3) is 0 Å². The quantitative estimate of drug-likeness (QED) is 0.284. The van der Waals surface area contributed by atoms with Gasteiger partial charge in [-0.2, -0.15) is 0 Å². The number of hydrogen-bond acceptors (Lipinski definition) is 4. The van der Waals surface area contributed by atoms with Crippen LogP contribution in [0.3, 0.4) is 0 Å². The average molecular weight is 458 g/mol. The molecule has 0 unspecified atom stereocenters. The lowest BCUT2D eigenvalue weighted by Gasteiger charge is -2.34. The van der Waals surface area contributed by atoms with Gasteiger partial charge >= 0.3 is 0 Å². The van der Waals surface area contributed by atoms with Crippen LogP contribution in [0.1, 0.15) is 19.4 Å². The van der Waals surface area contributed by atoms with E-state index in [1.807, 2.05) is 18.3 Å². The molecular formula is C18H31IN6. The molecule has 0 atom stereocenters. The predicted molar refractivity (Wildman–Crippen MR) is 117 cm³/mol. The normalized spacial score (nSPS) is 15.4. The number of nitrogens with one attached hydrogen (secondary N) is 2. The summed E-state index contributed by atoms with van der Waals surface area (Å²) in [7, 11) is 0. The van der Waals surface area contributed by atoms with Gasteiger partial charge in [0.1, 0.15) is 5.82 Å². The molecule has 0 radical (unpaired) electrons. The van der Waals surface area contributed by atoms with Crippen molar-refractivity contribution in [3.8, 4) is 0 Å². The van der Waals surface area contributed by atoms with Crippen LogP contribution in [0.2, 0.25) is 0 Å². The minimum atomic E-state index is 0. The lowest BCUT2D eigenvalue weighted by Crippen LogP contribution is -2.46. The van der Waals surface area contributed by atoms with Gasteiger partial charge in [0.05, 0.1) is 6.54 Å². The van der Waals surface area contributed by atoms with Crippen molar-refractivity contribution >= 4 is 35.8 Å². The first-order chi connectivity index (χ1) is 11.8. The van der Waals surface area contributed by atoms with Gasteiger partial charge in [0.25, 0.3) is 0 Å². The molecule has 1 saturated heterocycles. The Labute approximate surface area is 168 Å². The van der Waals surface area contributed by atoms with Crippen molar-refractivity contribution in [3.63, 3.8) is 0 Å². The van der Waals surface area contributed by atoms with E-state index in [1.54, 1.807) is 0 Å². The zero-order valence-electron chi connectivity index (χ0n) is 15.4. The summed E-state index contributed by atoms with van der Waals surface area (Å²) in [4.78, 5) is 14.0. The summed E-state index contributed by atoms with van der Waals surface area (Å²) in [5.74, 6) is 1.87. The first-order valence-corrected chi connectivity index (χ1v) is 8.82. The molecule has 1 aromatic rings. The highest BCUT2D eigenvalue weighted by molar-refractivity contribution is 14.0. The molecule has 6 nitrogen and oxygen atoms in total. The lowest BCUT2D eigenvalue weighted by atomic mass is 10.2. The second-order valence-electron chi connectivity index (χ2n) is 5.81. The minimum Gasteiger partial charge on any atom is -0.357 e. The lowest BCUT2D eigenvalue weighted by molar-refractivity contribution is 0.270. The summed E-state index contributed by atoms with van der Waals surface area (Å²) in [6.07, 6.45) is 3.71. The van der Waals surface area contributed by atoms with Crippen LogP contribution < -0.4 is 15.5 Å². The highest BCUT2D eigenvalue weighted by Crippen LogP contribution is 2.15. The van der Waals surface area contributed by atoms with Crippen molar-refractivity contribution in [1.29, 1.82) is 0 Å². The standard InChI is InChI=1S/C18H30N6.HI/c1-4-8-21-18(19-5-2)22-15-16-7-9-20-17(14-16)24-12-10-23(6-3)11-13-24;/h4,7,9,14H,1,5-6,8,10-13,15H2,2-3H3,(H2,19,21,22);1H. The molecule has 25 heavy (non-hydrogen) atoms. The number of rotatable bonds is 7. The van der Waals surface area contributed by atoms with Crippen LogP contribution in [0, 0.1) is 0 Å². The average Bonchev–Trinajstić information content (AvgIpc) is 2.64. The van der Waals surface area contributed by atoms with Gasteiger partial charge < -0.3 is 20.4 Å². The number of piperazine rings is 1. The van der Waals surface area contributed by atoms with E-state index in [0.29, 0.717) is 13.1 Å². The Kier molecular flexibility index (Phi) is 10.5.